The van der Waals surface area contributed by atoms with E-state index >= 15 is 0 Å². The standard InChI is InChI=1S/C14H25N3O/c1-10-13(5-7-15-10)14(18)17-8-6-11-3-4-12(9-17)16(11)2/h10-13,15H,3-9H2,1-2H3. The lowest BCUT2D eigenvalue weighted by molar-refractivity contribution is -0.136. The van der Waals surface area contributed by atoms with Gasteiger partial charge in [-0.3, -0.25) is 9.69 Å². The lowest BCUT2D eigenvalue weighted by Gasteiger charge is -2.29. The molecule has 2 bridgehead atoms. The summed E-state index contributed by atoms with van der Waals surface area (Å²) < 4.78 is 0. The second-order valence-electron chi connectivity index (χ2n) is 6.26. The summed E-state index contributed by atoms with van der Waals surface area (Å²) in [4.78, 5) is 17.3. The first kappa shape index (κ1) is 12.4. The number of nitrogens with one attached hydrogen (secondary N) is 1. The monoisotopic (exact) mass is 251 g/mol. The number of rotatable bonds is 1. The minimum absolute atomic E-state index is 0.215. The van der Waals surface area contributed by atoms with Crippen molar-refractivity contribution >= 4 is 5.91 Å². The molecule has 3 heterocycles. The Hall–Kier alpha value is -0.610. The van der Waals surface area contributed by atoms with Crippen LogP contribution in [-0.2, 0) is 4.79 Å². The van der Waals surface area contributed by atoms with Crippen molar-refractivity contribution in [3.8, 4) is 0 Å². The Morgan fingerprint density at radius 2 is 1.94 bits per heavy atom. The second kappa shape index (κ2) is 4.82. The summed E-state index contributed by atoms with van der Waals surface area (Å²) in [6.45, 7) is 5.06. The quantitative estimate of drug-likeness (QED) is 0.744. The van der Waals surface area contributed by atoms with Gasteiger partial charge in [0.1, 0.15) is 0 Å². The Balaban J connectivity index is 1.68. The predicted octanol–water partition coefficient (Wildman–Crippen LogP) is 0.680. The maximum atomic E-state index is 12.6. The molecule has 0 aliphatic carbocycles. The number of nitrogens with zero attached hydrogens (tertiary/aromatic N) is 2. The van der Waals surface area contributed by atoms with Gasteiger partial charge in [0.15, 0.2) is 0 Å². The number of likely N-dealkylation sites (N-methyl/N-ethyl adjacent to an activating group) is 1. The third kappa shape index (κ3) is 2.05. The molecule has 102 valence electrons. The SMILES string of the molecule is CC1NCCC1C(=O)N1CCC2CCC(C1)N2C. The molecular weight excluding hydrogens is 226 g/mol. The van der Waals surface area contributed by atoms with Gasteiger partial charge in [0, 0.05) is 31.2 Å². The van der Waals surface area contributed by atoms with Crippen molar-refractivity contribution in [2.24, 2.45) is 5.92 Å². The average Bonchev–Trinajstić information content (AvgIpc) is 2.84. The van der Waals surface area contributed by atoms with Crippen molar-refractivity contribution in [3.63, 3.8) is 0 Å². The number of likely N-dealkylation sites (tertiary alicyclic amines) is 1. The molecule has 3 aliphatic rings. The predicted molar refractivity (Wildman–Crippen MR) is 71.3 cm³/mol. The average molecular weight is 251 g/mol. The fourth-order valence-electron chi connectivity index (χ4n) is 3.94. The molecule has 0 spiro atoms. The Labute approximate surface area is 110 Å². The van der Waals surface area contributed by atoms with Crippen molar-refractivity contribution in [1.82, 2.24) is 15.1 Å². The largest absolute Gasteiger partial charge is 0.341 e. The number of hydrogen-bond donors (Lipinski definition) is 1. The van der Waals surface area contributed by atoms with Crippen LogP contribution in [0, 0.1) is 5.92 Å². The van der Waals surface area contributed by atoms with Gasteiger partial charge in [-0.25, -0.2) is 0 Å². The molecule has 0 saturated carbocycles. The minimum Gasteiger partial charge on any atom is -0.341 e. The van der Waals surface area contributed by atoms with Gasteiger partial charge in [0.25, 0.3) is 0 Å². The molecule has 3 fully saturated rings. The van der Waals surface area contributed by atoms with E-state index in [1.807, 2.05) is 0 Å². The molecule has 4 unspecified atom stereocenters. The first-order valence-electron chi connectivity index (χ1n) is 7.41. The lowest BCUT2D eigenvalue weighted by atomic mass is 9.99. The van der Waals surface area contributed by atoms with Crippen LogP contribution in [0.5, 0.6) is 0 Å². The van der Waals surface area contributed by atoms with Gasteiger partial charge in [-0.2, -0.15) is 0 Å². The van der Waals surface area contributed by atoms with Crippen molar-refractivity contribution in [2.75, 3.05) is 26.7 Å². The zero-order valence-electron chi connectivity index (χ0n) is 11.6. The van der Waals surface area contributed by atoms with Crippen molar-refractivity contribution in [1.29, 1.82) is 0 Å². The molecular formula is C14H25N3O. The summed E-state index contributed by atoms with van der Waals surface area (Å²) in [6.07, 6.45) is 4.77. The van der Waals surface area contributed by atoms with Gasteiger partial charge in [-0.15, -0.1) is 0 Å². The van der Waals surface area contributed by atoms with E-state index in [0.717, 1.165) is 32.5 Å². The van der Waals surface area contributed by atoms with Gasteiger partial charge >= 0.3 is 0 Å². The summed E-state index contributed by atoms with van der Waals surface area (Å²) >= 11 is 0. The van der Waals surface area contributed by atoms with Gasteiger partial charge in [0.2, 0.25) is 5.91 Å². The Morgan fingerprint density at radius 1 is 1.17 bits per heavy atom. The van der Waals surface area contributed by atoms with Crippen molar-refractivity contribution in [2.45, 2.75) is 50.7 Å². The van der Waals surface area contributed by atoms with Crippen LogP contribution in [-0.4, -0.2) is 60.5 Å². The van der Waals surface area contributed by atoms with E-state index < -0.39 is 0 Å². The highest BCUT2D eigenvalue weighted by molar-refractivity contribution is 5.80. The molecule has 4 heteroatoms. The first-order chi connectivity index (χ1) is 8.66. The Kier molecular flexibility index (Phi) is 3.32. The number of fused-ring (bicyclic) bond motifs is 2. The van der Waals surface area contributed by atoms with Crippen LogP contribution < -0.4 is 5.32 Å². The molecule has 3 rings (SSSR count). The molecule has 4 atom stereocenters. The third-order valence-electron chi connectivity index (χ3n) is 5.30. The molecule has 0 aromatic heterocycles. The normalized spacial score (nSPS) is 41.1. The topological polar surface area (TPSA) is 35.6 Å². The molecule has 0 aromatic carbocycles. The van der Waals surface area contributed by atoms with Gasteiger partial charge in [0.05, 0.1) is 5.92 Å². The molecule has 1 amide bonds. The van der Waals surface area contributed by atoms with Crippen molar-refractivity contribution in [3.05, 3.63) is 0 Å². The number of carbonyl (C=O) groups is 1. The summed E-state index contributed by atoms with van der Waals surface area (Å²) in [5.74, 6) is 0.611. The van der Waals surface area contributed by atoms with Crippen LogP contribution in [0.25, 0.3) is 0 Å². The van der Waals surface area contributed by atoms with Gasteiger partial charge in [-0.1, -0.05) is 0 Å². The highest BCUT2D eigenvalue weighted by Crippen LogP contribution is 2.30. The van der Waals surface area contributed by atoms with E-state index in [1.54, 1.807) is 0 Å². The maximum Gasteiger partial charge on any atom is 0.227 e. The smallest absolute Gasteiger partial charge is 0.227 e. The Bertz CT molecular complexity index is 333. The molecule has 0 radical (unpaired) electrons. The first-order valence-corrected chi connectivity index (χ1v) is 7.41. The summed E-state index contributed by atoms with van der Waals surface area (Å²) in [7, 11) is 2.23. The van der Waals surface area contributed by atoms with E-state index in [4.69, 9.17) is 0 Å². The molecule has 4 nitrogen and oxygen atoms in total. The van der Waals surface area contributed by atoms with Gasteiger partial charge < -0.3 is 10.2 Å². The van der Waals surface area contributed by atoms with Crippen LogP contribution in [0.15, 0.2) is 0 Å². The summed E-state index contributed by atoms with van der Waals surface area (Å²) in [5.41, 5.74) is 0. The van der Waals surface area contributed by atoms with Crippen LogP contribution in [0.2, 0.25) is 0 Å². The van der Waals surface area contributed by atoms with Crippen LogP contribution in [0.1, 0.15) is 32.6 Å². The molecule has 1 N–H and O–H groups in total. The van der Waals surface area contributed by atoms with Crippen LogP contribution in [0.4, 0.5) is 0 Å². The van der Waals surface area contributed by atoms with E-state index in [1.165, 1.54) is 12.8 Å². The van der Waals surface area contributed by atoms with Crippen LogP contribution >= 0.6 is 0 Å². The number of hydrogen-bond acceptors (Lipinski definition) is 3. The highest BCUT2D eigenvalue weighted by Gasteiger charge is 2.39. The Morgan fingerprint density at radius 3 is 2.67 bits per heavy atom. The zero-order chi connectivity index (χ0) is 12.7. The van der Waals surface area contributed by atoms with E-state index in [-0.39, 0.29) is 5.92 Å². The third-order valence-corrected chi connectivity index (χ3v) is 5.30. The lowest BCUT2D eigenvalue weighted by Crippen LogP contribution is -2.44. The molecule has 3 aliphatic heterocycles. The van der Waals surface area contributed by atoms with Crippen molar-refractivity contribution < 1.29 is 4.79 Å². The van der Waals surface area contributed by atoms with Gasteiger partial charge in [-0.05, 0) is 46.2 Å². The highest BCUT2D eigenvalue weighted by atomic mass is 16.2. The number of amides is 1. The van der Waals surface area contributed by atoms with E-state index in [0.29, 0.717) is 24.0 Å². The minimum atomic E-state index is 0.215. The fraction of sp³-hybridized carbons (Fsp3) is 0.929. The zero-order valence-corrected chi connectivity index (χ0v) is 11.6. The summed E-state index contributed by atoms with van der Waals surface area (Å²) in [5, 5.41) is 3.39. The fourth-order valence-corrected chi connectivity index (χ4v) is 3.94. The molecule has 3 saturated heterocycles. The van der Waals surface area contributed by atoms with E-state index in [2.05, 4.69) is 29.1 Å². The number of carbonyl (C=O) groups excluding carboxylic acids is 1. The maximum absolute atomic E-state index is 12.6. The molecule has 0 aromatic rings. The second-order valence-corrected chi connectivity index (χ2v) is 6.26. The van der Waals surface area contributed by atoms with Crippen LogP contribution in [0.3, 0.4) is 0 Å². The molecule has 18 heavy (non-hydrogen) atoms. The van der Waals surface area contributed by atoms with E-state index in [9.17, 15) is 4.79 Å². The summed E-state index contributed by atoms with van der Waals surface area (Å²) in [6, 6.07) is 1.67.